The van der Waals surface area contributed by atoms with Gasteiger partial charge in [-0.25, -0.2) is 8.42 Å². The number of benzene rings is 3. The zero-order valence-electron chi connectivity index (χ0n) is 15.8. The second kappa shape index (κ2) is 9.13. The van der Waals surface area contributed by atoms with Gasteiger partial charge in [0.25, 0.3) is 10.0 Å². The molecule has 0 radical (unpaired) electrons. The van der Waals surface area contributed by atoms with E-state index in [-0.39, 0.29) is 4.90 Å². The molecule has 28 heavy (non-hydrogen) atoms. The molecule has 0 spiro atoms. The van der Waals surface area contributed by atoms with Gasteiger partial charge in [-0.3, -0.25) is 4.31 Å². The van der Waals surface area contributed by atoms with Crippen LogP contribution in [0.4, 0.5) is 5.69 Å². The molecule has 0 saturated heterocycles. The number of anilines is 1. The topological polar surface area (TPSA) is 37.4 Å². The molecular formula is C23H23NO2S2. The van der Waals surface area contributed by atoms with Crippen LogP contribution in [0.15, 0.2) is 89.8 Å². The molecule has 0 bridgehead atoms. The Bertz CT molecular complexity index is 1020. The first-order valence-electron chi connectivity index (χ1n) is 9.23. The van der Waals surface area contributed by atoms with Gasteiger partial charge in [-0.05, 0) is 42.3 Å². The van der Waals surface area contributed by atoms with Crippen LogP contribution in [0.25, 0.3) is 0 Å². The summed E-state index contributed by atoms with van der Waals surface area (Å²) in [5.41, 5.74) is 2.87. The monoisotopic (exact) mass is 409 g/mol. The molecular weight excluding hydrogens is 386 g/mol. The van der Waals surface area contributed by atoms with Crippen molar-refractivity contribution in [2.45, 2.75) is 24.7 Å². The first-order chi connectivity index (χ1) is 13.5. The molecule has 3 nitrogen and oxygen atoms in total. The largest absolute Gasteiger partial charge is 0.267 e. The van der Waals surface area contributed by atoms with Gasteiger partial charge in [0.2, 0.25) is 0 Å². The van der Waals surface area contributed by atoms with E-state index in [9.17, 15) is 8.42 Å². The van der Waals surface area contributed by atoms with E-state index < -0.39 is 10.0 Å². The lowest BCUT2D eigenvalue weighted by Crippen LogP contribution is -2.30. The number of hydrogen-bond donors (Lipinski definition) is 0. The van der Waals surface area contributed by atoms with Gasteiger partial charge in [0.1, 0.15) is 0 Å². The number of rotatable bonds is 8. The molecule has 144 valence electrons. The first kappa shape index (κ1) is 20.2. The van der Waals surface area contributed by atoms with Gasteiger partial charge in [-0.1, -0.05) is 72.9 Å². The molecule has 0 aliphatic carbocycles. The van der Waals surface area contributed by atoms with Gasteiger partial charge in [-0.15, -0.1) is 0 Å². The molecule has 0 aliphatic rings. The predicted octanol–water partition coefficient (Wildman–Crippen LogP) is 5.06. The minimum Gasteiger partial charge on any atom is -0.267 e. The number of para-hydroxylation sites is 1. The van der Waals surface area contributed by atoms with Crippen molar-refractivity contribution in [1.82, 2.24) is 0 Å². The molecule has 3 aromatic rings. The highest BCUT2D eigenvalue weighted by Gasteiger charge is 2.23. The molecule has 5 heteroatoms. The molecule has 0 aliphatic heterocycles. The smallest absolute Gasteiger partial charge is 0.264 e. The van der Waals surface area contributed by atoms with Crippen molar-refractivity contribution < 1.29 is 8.42 Å². The SMILES string of the molecule is CCN(c1ccccc1)S(=O)(=O)c1ccc(CC(=S)Cc2ccccc2)cc1. The van der Waals surface area contributed by atoms with E-state index in [1.54, 1.807) is 24.3 Å². The Hall–Kier alpha value is -2.50. The predicted molar refractivity (Wildman–Crippen MR) is 120 cm³/mol. The molecule has 0 fully saturated rings. The van der Waals surface area contributed by atoms with Crippen molar-refractivity contribution in [2.24, 2.45) is 0 Å². The van der Waals surface area contributed by atoms with Crippen LogP contribution >= 0.6 is 12.2 Å². The quantitative estimate of drug-likeness (QED) is 0.488. The second-order valence-corrected chi connectivity index (χ2v) is 8.97. The Morgan fingerprint density at radius 1 is 0.786 bits per heavy atom. The van der Waals surface area contributed by atoms with Crippen LogP contribution in [-0.2, 0) is 22.9 Å². The Morgan fingerprint density at radius 2 is 1.29 bits per heavy atom. The van der Waals surface area contributed by atoms with Crippen LogP contribution in [0.1, 0.15) is 18.1 Å². The van der Waals surface area contributed by atoms with E-state index >= 15 is 0 Å². The minimum absolute atomic E-state index is 0.288. The van der Waals surface area contributed by atoms with Gasteiger partial charge in [0, 0.05) is 24.3 Å². The molecule has 0 aromatic heterocycles. The van der Waals surface area contributed by atoms with Crippen LogP contribution < -0.4 is 4.31 Å². The number of thiocarbonyl (C=S) groups is 1. The summed E-state index contributed by atoms with van der Waals surface area (Å²) < 4.78 is 27.5. The van der Waals surface area contributed by atoms with E-state index in [0.717, 1.165) is 16.8 Å². The Kier molecular flexibility index (Phi) is 6.60. The van der Waals surface area contributed by atoms with E-state index in [0.29, 0.717) is 18.7 Å². The number of nitrogens with zero attached hydrogens (tertiary/aromatic N) is 1. The van der Waals surface area contributed by atoms with Crippen molar-refractivity contribution in [1.29, 1.82) is 0 Å². The Labute approximate surface area is 172 Å². The van der Waals surface area contributed by atoms with Gasteiger partial charge in [0.15, 0.2) is 0 Å². The minimum atomic E-state index is -3.60. The van der Waals surface area contributed by atoms with Crippen LogP contribution in [0.5, 0.6) is 0 Å². The fourth-order valence-corrected chi connectivity index (χ4v) is 4.91. The number of sulfonamides is 1. The Balaban J connectivity index is 1.73. The summed E-state index contributed by atoms with van der Waals surface area (Å²) in [5.74, 6) is 0. The molecule has 0 heterocycles. The lowest BCUT2D eigenvalue weighted by atomic mass is 10.0. The summed E-state index contributed by atoms with van der Waals surface area (Å²) >= 11 is 5.52. The first-order valence-corrected chi connectivity index (χ1v) is 11.1. The lowest BCUT2D eigenvalue weighted by molar-refractivity contribution is 0.592. The van der Waals surface area contributed by atoms with Gasteiger partial charge >= 0.3 is 0 Å². The standard InChI is InChI=1S/C23H23NO2S2/c1-2-24(21-11-7-4-8-12-21)28(25,26)23-15-13-20(14-16-23)18-22(27)17-19-9-5-3-6-10-19/h3-16H,2,17-18H2,1H3. The summed E-state index contributed by atoms with van der Waals surface area (Å²) in [7, 11) is -3.60. The zero-order chi connectivity index (χ0) is 20.0. The molecule has 0 saturated carbocycles. The lowest BCUT2D eigenvalue weighted by Gasteiger charge is -2.23. The van der Waals surface area contributed by atoms with Crippen LogP contribution in [-0.4, -0.2) is 19.8 Å². The van der Waals surface area contributed by atoms with Crippen LogP contribution in [0, 0.1) is 0 Å². The van der Waals surface area contributed by atoms with E-state index in [4.69, 9.17) is 12.2 Å². The molecule has 0 amide bonds. The molecule has 0 unspecified atom stereocenters. The van der Waals surface area contributed by atoms with E-state index in [2.05, 4.69) is 12.1 Å². The van der Waals surface area contributed by atoms with Gasteiger partial charge in [0.05, 0.1) is 10.6 Å². The van der Waals surface area contributed by atoms with Crippen molar-refractivity contribution in [3.63, 3.8) is 0 Å². The third kappa shape index (κ3) is 4.86. The van der Waals surface area contributed by atoms with Crippen molar-refractivity contribution in [3.05, 3.63) is 96.1 Å². The highest BCUT2D eigenvalue weighted by molar-refractivity contribution is 7.92. The fraction of sp³-hybridized carbons (Fsp3) is 0.174. The highest BCUT2D eigenvalue weighted by Crippen LogP contribution is 2.23. The molecule has 3 aromatic carbocycles. The van der Waals surface area contributed by atoms with E-state index in [1.807, 2.05) is 55.5 Å². The van der Waals surface area contributed by atoms with Crippen LogP contribution in [0.3, 0.4) is 0 Å². The zero-order valence-corrected chi connectivity index (χ0v) is 17.4. The van der Waals surface area contributed by atoms with Crippen LogP contribution in [0.2, 0.25) is 0 Å². The molecule has 0 N–H and O–H groups in total. The third-order valence-corrected chi connectivity index (χ3v) is 6.69. The maximum atomic E-state index is 13.0. The third-order valence-electron chi connectivity index (χ3n) is 4.49. The summed E-state index contributed by atoms with van der Waals surface area (Å²) in [4.78, 5) is 1.22. The fourth-order valence-electron chi connectivity index (χ4n) is 3.11. The highest BCUT2D eigenvalue weighted by atomic mass is 32.2. The average Bonchev–Trinajstić information content (AvgIpc) is 2.70. The van der Waals surface area contributed by atoms with Crippen molar-refractivity contribution in [3.8, 4) is 0 Å². The summed E-state index contributed by atoms with van der Waals surface area (Å²) in [6.45, 7) is 2.20. The number of hydrogen-bond acceptors (Lipinski definition) is 3. The normalized spacial score (nSPS) is 11.2. The second-order valence-electron chi connectivity index (χ2n) is 6.53. The maximum Gasteiger partial charge on any atom is 0.264 e. The van der Waals surface area contributed by atoms with Crippen molar-refractivity contribution in [2.75, 3.05) is 10.8 Å². The summed E-state index contributed by atoms with van der Waals surface area (Å²) in [5, 5.41) is 0. The van der Waals surface area contributed by atoms with Crippen molar-refractivity contribution >= 4 is 32.8 Å². The average molecular weight is 410 g/mol. The molecule has 3 rings (SSSR count). The van der Waals surface area contributed by atoms with E-state index in [1.165, 1.54) is 9.87 Å². The summed E-state index contributed by atoms with van der Waals surface area (Å²) in [6.07, 6.45) is 1.40. The van der Waals surface area contributed by atoms with Gasteiger partial charge in [-0.2, -0.15) is 0 Å². The molecule has 0 atom stereocenters. The van der Waals surface area contributed by atoms with Gasteiger partial charge < -0.3 is 0 Å². The summed E-state index contributed by atoms with van der Waals surface area (Å²) in [6, 6.07) is 26.3. The Morgan fingerprint density at radius 3 is 1.82 bits per heavy atom. The maximum absolute atomic E-state index is 13.0.